The van der Waals surface area contributed by atoms with Crippen LogP contribution in [-0.4, -0.2) is 11.8 Å². The summed E-state index contributed by atoms with van der Waals surface area (Å²) in [5.41, 5.74) is 13.0. The second kappa shape index (κ2) is 9.83. The molecular formula is C27H21F3N4O2. The number of halogens is 3. The predicted octanol–water partition coefficient (Wildman–Crippen LogP) is 6.04. The molecule has 0 unspecified atom stereocenters. The molecule has 0 bridgehead atoms. The molecule has 0 aliphatic carbocycles. The first-order valence-corrected chi connectivity index (χ1v) is 10.8. The van der Waals surface area contributed by atoms with Gasteiger partial charge in [-0.3, -0.25) is 9.59 Å². The minimum absolute atomic E-state index is 0.0847. The molecule has 4 rings (SSSR count). The minimum Gasteiger partial charge on any atom is -0.399 e. The summed E-state index contributed by atoms with van der Waals surface area (Å²) in [7, 11) is 0. The van der Waals surface area contributed by atoms with Crippen molar-refractivity contribution >= 4 is 34.6 Å². The maximum atomic E-state index is 13.3. The van der Waals surface area contributed by atoms with Gasteiger partial charge in [0.2, 0.25) is 0 Å². The Labute approximate surface area is 204 Å². The highest BCUT2D eigenvalue weighted by molar-refractivity contribution is 6.06. The molecule has 182 valence electrons. The number of anilines is 4. The summed E-state index contributed by atoms with van der Waals surface area (Å²) >= 11 is 0. The Hall–Kier alpha value is -4.79. The van der Waals surface area contributed by atoms with Gasteiger partial charge in [-0.25, -0.2) is 0 Å². The third-order valence-electron chi connectivity index (χ3n) is 5.36. The van der Waals surface area contributed by atoms with Crippen molar-refractivity contribution in [3.8, 4) is 11.1 Å². The second-order valence-corrected chi connectivity index (χ2v) is 7.99. The molecule has 6 N–H and O–H groups in total. The van der Waals surface area contributed by atoms with Gasteiger partial charge >= 0.3 is 6.18 Å². The van der Waals surface area contributed by atoms with Gasteiger partial charge < -0.3 is 22.1 Å². The lowest BCUT2D eigenvalue weighted by Gasteiger charge is -2.14. The van der Waals surface area contributed by atoms with Gasteiger partial charge in [0.25, 0.3) is 11.8 Å². The molecule has 0 heterocycles. The van der Waals surface area contributed by atoms with E-state index in [9.17, 15) is 22.8 Å². The monoisotopic (exact) mass is 490 g/mol. The predicted molar refractivity (Wildman–Crippen MR) is 134 cm³/mol. The number of carbonyl (C=O) groups is 2. The maximum absolute atomic E-state index is 13.3. The molecule has 2 amide bonds. The van der Waals surface area contributed by atoms with Crippen LogP contribution < -0.4 is 22.1 Å². The third-order valence-corrected chi connectivity index (χ3v) is 5.36. The molecule has 4 aromatic rings. The first-order valence-electron chi connectivity index (χ1n) is 10.8. The van der Waals surface area contributed by atoms with E-state index in [0.717, 1.165) is 23.3 Å². The molecule has 0 saturated heterocycles. The molecule has 6 nitrogen and oxygen atoms in total. The molecule has 0 fully saturated rings. The van der Waals surface area contributed by atoms with E-state index in [0.29, 0.717) is 22.6 Å². The average Bonchev–Trinajstić information content (AvgIpc) is 2.84. The van der Waals surface area contributed by atoms with Gasteiger partial charge in [0.1, 0.15) is 0 Å². The number of hydrogen-bond donors (Lipinski definition) is 4. The number of carbonyl (C=O) groups excluding carboxylic acids is 2. The van der Waals surface area contributed by atoms with Crippen LogP contribution in [0.25, 0.3) is 11.1 Å². The van der Waals surface area contributed by atoms with Crippen LogP contribution in [0.5, 0.6) is 0 Å². The highest BCUT2D eigenvalue weighted by Gasteiger charge is 2.35. The van der Waals surface area contributed by atoms with E-state index in [2.05, 4.69) is 10.6 Å². The number of rotatable bonds is 5. The lowest BCUT2D eigenvalue weighted by molar-refractivity contribution is -0.137. The average molecular weight is 490 g/mol. The van der Waals surface area contributed by atoms with Crippen LogP contribution in [-0.2, 0) is 6.18 Å². The highest BCUT2D eigenvalue weighted by Crippen LogP contribution is 2.34. The van der Waals surface area contributed by atoms with Crippen LogP contribution in [0.15, 0.2) is 91.0 Å². The van der Waals surface area contributed by atoms with E-state index in [4.69, 9.17) is 11.5 Å². The summed E-state index contributed by atoms with van der Waals surface area (Å²) in [5, 5.41) is 5.28. The molecular weight excluding hydrogens is 469 g/mol. The van der Waals surface area contributed by atoms with Crippen molar-refractivity contribution in [2.75, 3.05) is 22.1 Å². The zero-order valence-corrected chi connectivity index (χ0v) is 18.8. The van der Waals surface area contributed by atoms with Gasteiger partial charge in [-0.15, -0.1) is 0 Å². The van der Waals surface area contributed by atoms with Crippen molar-refractivity contribution in [3.63, 3.8) is 0 Å². The molecule has 0 aromatic heterocycles. The van der Waals surface area contributed by atoms with Gasteiger partial charge in [-0.05, 0) is 71.8 Å². The fourth-order valence-electron chi connectivity index (χ4n) is 3.57. The number of nitrogen functional groups attached to an aromatic ring is 2. The number of nitrogens with one attached hydrogen (secondary N) is 2. The minimum atomic E-state index is -4.72. The van der Waals surface area contributed by atoms with Crippen molar-refractivity contribution in [2.45, 2.75) is 6.18 Å². The molecule has 9 heteroatoms. The zero-order chi connectivity index (χ0) is 25.9. The van der Waals surface area contributed by atoms with E-state index in [-0.39, 0.29) is 11.6 Å². The number of benzene rings is 4. The third kappa shape index (κ3) is 5.64. The first-order chi connectivity index (χ1) is 17.1. The van der Waals surface area contributed by atoms with Gasteiger partial charge in [-0.2, -0.15) is 13.2 Å². The fraction of sp³-hybridized carbons (Fsp3) is 0.0370. The Morgan fingerprint density at radius 1 is 0.639 bits per heavy atom. The number of amides is 2. The lowest BCUT2D eigenvalue weighted by Crippen LogP contribution is -2.19. The lowest BCUT2D eigenvalue weighted by atomic mass is 10.0. The number of nitrogens with two attached hydrogens (primary N) is 2. The molecule has 4 aromatic carbocycles. The summed E-state index contributed by atoms with van der Waals surface area (Å²) in [5.74, 6) is -1.18. The Balaban J connectivity index is 1.44. The first kappa shape index (κ1) is 24.3. The SMILES string of the molecule is Nc1cccc(C(=O)Nc2ccc(-c3ccc(NC(=O)c4ccc(N)cc4C(F)(F)F)cc3)cc2)c1. The van der Waals surface area contributed by atoms with E-state index < -0.39 is 23.2 Å². The highest BCUT2D eigenvalue weighted by atomic mass is 19.4. The van der Waals surface area contributed by atoms with Gasteiger partial charge in [0.15, 0.2) is 0 Å². The molecule has 0 spiro atoms. The smallest absolute Gasteiger partial charge is 0.399 e. The van der Waals surface area contributed by atoms with Crippen LogP contribution in [0.2, 0.25) is 0 Å². The van der Waals surface area contributed by atoms with Gasteiger partial charge in [-0.1, -0.05) is 30.3 Å². The normalized spacial score (nSPS) is 11.1. The van der Waals surface area contributed by atoms with Crippen molar-refractivity contribution in [2.24, 2.45) is 0 Å². The molecule has 0 saturated carbocycles. The van der Waals surface area contributed by atoms with Crippen molar-refractivity contribution in [3.05, 3.63) is 108 Å². The van der Waals surface area contributed by atoms with Crippen LogP contribution in [0.3, 0.4) is 0 Å². The topological polar surface area (TPSA) is 110 Å². The molecule has 0 radical (unpaired) electrons. The van der Waals surface area contributed by atoms with E-state index in [1.165, 1.54) is 6.07 Å². The van der Waals surface area contributed by atoms with E-state index >= 15 is 0 Å². The summed E-state index contributed by atoms with van der Waals surface area (Å²) in [6.07, 6.45) is -4.72. The largest absolute Gasteiger partial charge is 0.417 e. The fourth-order valence-corrected chi connectivity index (χ4v) is 3.57. The van der Waals surface area contributed by atoms with Crippen LogP contribution >= 0.6 is 0 Å². The van der Waals surface area contributed by atoms with Gasteiger partial charge in [0, 0.05) is 28.3 Å². The summed E-state index contributed by atoms with van der Waals surface area (Å²) in [6.45, 7) is 0. The maximum Gasteiger partial charge on any atom is 0.417 e. The van der Waals surface area contributed by atoms with E-state index in [1.807, 2.05) is 12.1 Å². The summed E-state index contributed by atoms with van der Waals surface area (Å²) in [4.78, 5) is 24.9. The van der Waals surface area contributed by atoms with Crippen LogP contribution in [0, 0.1) is 0 Å². The quantitative estimate of drug-likeness (QED) is 0.256. The van der Waals surface area contributed by atoms with Crippen molar-refractivity contribution in [1.29, 1.82) is 0 Å². The zero-order valence-electron chi connectivity index (χ0n) is 18.8. The number of hydrogen-bond acceptors (Lipinski definition) is 4. The number of alkyl halides is 3. The summed E-state index contributed by atoms with van der Waals surface area (Å²) < 4.78 is 39.9. The van der Waals surface area contributed by atoms with Gasteiger partial charge in [0.05, 0.1) is 11.1 Å². The Morgan fingerprint density at radius 3 is 1.69 bits per heavy atom. The molecule has 0 aliphatic heterocycles. The second-order valence-electron chi connectivity index (χ2n) is 7.99. The van der Waals surface area contributed by atoms with Crippen LogP contribution in [0.4, 0.5) is 35.9 Å². The Morgan fingerprint density at radius 2 is 1.17 bits per heavy atom. The molecule has 0 atom stereocenters. The van der Waals surface area contributed by atoms with E-state index in [1.54, 1.807) is 60.7 Å². The van der Waals surface area contributed by atoms with Crippen LogP contribution in [0.1, 0.15) is 26.3 Å². The van der Waals surface area contributed by atoms with Crippen molar-refractivity contribution in [1.82, 2.24) is 0 Å². The molecule has 0 aliphatic rings. The Kier molecular flexibility index (Phi) is 6.64. The standard InChI is InChI=1S/C27H21F3N4O2/c28-27(29,30)24-15-20(32)8-13-23(24)26(36)34-22-11-6-17(7-12-22)16-4-9-21(10-5-16)33-25(35)18-2-1-3-19(31)14-18/h1-15H,31-32H2,(H,33,35)(H,34,36). The van der Waals surface area contributed by atoms with Crippen molar-refractivity contribution < 1.29 is 22.8 Å². The Bertz CT molecular complexity index is 1420. The summed E-state index contributed by atoms with van der Waals surface area (Å²) in [6, 6.07) is 23.4. The molecule has 36 heavy (non-hydrogen) atoms.